The van der Waals surface area contributed by atoms with E-state index in [9.17, 15) is 34.2 Å². The van der Waals surface area contributed by atoms with Gasteiger partial charge in [-0.05, 0) is 45.7 Å². The van der Waals surface area contributed by atoms with Crippen molar-refractivity contribution in [1.29, 1.82) is 0 Å². The van der Waals surface area contributed by atoms with Gasteiger partial charge in [-0.3, -0.25) is 9.13 Å². The summed E-state index contributed by atoms with van der Waals surface area (Å²) in [4.78, 5) is 57.5. The van der Waals surface area contributed by atoms with Gasteiger partial charge in [0.2, 0.25) is 10.6 Å². The van der Waals surface area contributed by atoms with Gasteiger partial charge in [0.05, 0.1) is 37.8 Å². The first-order chi connectivity index (χ1) is 21.6. The Bertz CT molecular complexity index is 1390. The van der Waals surface area contributed by atoms with Crippen molar-refractivity contribution in [2.45, 2.75) is 82.2 Å². The van der Waals surface area contributed by atoms with Gasteiger partial charge in [-0.2, -0.15) is 9.97 Å². The van der Waals surface area contributed by atoms with Crippen LogP contribution in [0.25, 0.3) is 11.2 Å². The minimum atomic E-state index is -5.45. The molecule has 2 fully saturated rings. The third-order valence-corrected chi connectivity index (χ3v) is 8.44. The summed E-state index contributed by atoms with van der Waals surface area (Å²) >= 11 is 6.17. The number of aliphatic hydroxyl groups is 2. The lowest BCUT2D eigenvalue weighted by Gasteiger charge is -2.33. The summed E-state index contributed by atoms with van der Waals surface area (Å²) in [6, 6.07) is -0.0438. The molecule has 2 aromatic rings. The molecular formula is C25H37ClN5O14P. The molecule has 0 aromatic carbocycles. The van der Waals surface area contributed by atoms with Crippen LogP contribution in [-0.4, -0.2) is 127 Å². The maximum Gasteiger partial charge on any atom is 0.508 e. The Morgan fingerprint density at radius 1 is 1.11 bits per heavy atom. The SMILES string of the molecule is CC(C)OC(=O)OCC(COC(=O)OC(C)C)(OC[C@H]1O[C@@H](n2cnc3c(N[C@H]4CCOC4)nc(Cl)nc32)[C@H](O)[C@@H]1O)P(=O)(O)O. The van der Waals surface area contributed by atoms with Crippen LogP contribution in [-0.2, 0) is 37.7 Å². The number of rotatable bonds is 13. The van der Waals surface area contributed by atoms with E-state index in [1.54, 1.807) is 0 Å². The number of fused-ring (bicyclic) bond motifs is 1. The molecule has 19 nitrogen and oxygen atoms in total. The fourth-order valence-corrected chi connectivity index (χ4v) is 5.40. The first-order valence-electron chi connectivity index (χ1n) is 14.2. The van der Waals surface area contributed by atoms with Crippen molar-refractivity contribution in [2.75, 3.05) is 38.4 Å². The minimum Gasteiger partial charge on any atom is -0.432 e. The number of nitrogens with one attached hydrogen (secondary N) is 1. The molecule has 5 N–H and O–H groups in total. The average Bonchev–Trinajstić information content (AvgIpc) is 3.68. The predicted molar refractivity (Wildman–Crippen MR) is 155 cm³/mol. The first-order valence-corrected chi connectivity index (χ1v) is 16.2. The molecule has 258 valence electrons. The van der Waals surface area contributed by atoms with Gasteiger partial charge < -0.3 is 58.5 Å². The second-order valence-corrected chi connectivity index (χ2v) is 13.4. The van der Waals surface area contributed by atoms with Gasteiger partial charge in [0.1, 0.15) is 31.5 Å². The quantitative estimate of drug-likeness (QED) is 0.112. The van der Waals surface area contributed by atoms with Gasteiger partial charge in [0.25, 0.3) is 0 Å². The number of aliphatic hydroxyl groups excluding tert-OH is 2. The third-order valence-electron chi connectivity index (χ3n) is 6.82. The zero-order chi connectivity index (χ0) is 33.8. The van der Waals surface area contributed by atoms with Crippen LogP contribution in [0.4, 0.5) is 15.4 Å². The number of carbonyl (C=O) groups excluding carboxylic acids is 2. The number of anilines is 1. The number of hydrogen-bond donors (Lipinski definition) is 5. The number of hydrogen-bond acceptors (Lipinski definition) is 16. The molecule has 4 rings (SSSR count). The summed E-state index contributed by atoms with van der Waals surface area (Å²) in [5.41, 5.74) is 0.440. The normalized spacial score (nSPS) is 23.7. The molecule has 2 saturated heterocycles. The summed E-state index contributed by atoms with van der Waals surface area (Å²) in [5.74, 6) is 0.315. The summed E-state index contributed by atoms with van der Waals surface area (Å²) in [6.45, 7) is 4.02. The van der Waals surface area contributed by atoms with Crippen molar-refractivity contribution in [3.8, 4) is 0 Å². The Morgan fingerprint density at radius 3 is 2.28 bits per heavy atom. The van der Waals surface area contributed by atoms with Crippen molar-refractivity contribution in [3.05, 3.63) is 11.6 Å². The molecule has 0 saturated carbocycles. The molecular weight excluding hydrogens is 661 g/mol. The maximum atomic E-state index is 12.8. The van der Waals surface area contributed by atoms with E-state index in [0.29, 0.717) is 19.0 Å². The van der Waals surface area contributed by atoms with Crippen LogP contribution >= 0.6 is 19.2 Å². The maximum absolute atomic E-state index is 12.8. The Labute approximate surface area is 267 Å². The van der Waals surface area contributed by atoms with E-state index < -0.39 is 81.8 Å². The molecule has 5 atom stereocenters. The molecule has 4 heterocycles. The van der Waals surface area contributed by atoms with Crippen molar-refractivity contribution in [2.24, 2.45) is 0 Å². The van der Waals surface area contributed by atoms with Crippen LogP contribution in [0.5, 0.6) is 0 Å². The Kier molecular flexibility index (Phi) is 11.7. The van der Waals surface area contributed by atoms with E-state index >= 15 is 0 Å². The lowest BCUT2D eigenvalue weighted by molar-refractivity contribution is -0.129. The second kappa shape index (κ2) is 14.9. The number of carbonyl (C=O) groups is 2. The van der Waals surface area contributed by atoms with Crippen LogP contribution in [0, 0.1) is 0 Å². The molecule has 0 amide bonds. The van der Waals surface area contributed by atoms with Crippen LogP contribution in [0.15, 0.2) is 6.33 Å². The number of nitrogens with zero attached hydrogens (tertiary/aromatic N) is 4. The molecule has 0 radical (unpaired) electrons. The largest absolute Gasteiger partial charge is 0.508 e. The fraction of sp³-hybridized carbons (Fsp3) is 0.720. The Hall–Kier alpha value is -2.87. The average molecular weight is 698 g/mol. The standard InChI is InChI=1S/C25H37ClN5O14P/c1-12(2)43-23(34)40-9-25(46(36,37)38,10-41-24(35)44-13(3)4)42-8-15-17(32)18(33)21(45-15)31-11-27-16-19(28-14-5-6-39-7-14)29-22(26)30-20(16)31/h11-15,17-18,21,32-33H,5-10H2,1-4H3,(H,28,29,30)(H2,36,37,38)/t14-,15+,17+,18+,21+/m0/s1. The van der Waals surface area contributed by atoms with E-state index in [2.05, 4.69) is 20.3 Å². The first kappa shape index (κ1) is 36.0. The topological polar surface area (TPSA) is 252 Å². The van der Waals surface area contributed by atoms with E-state index in [-0.39, 0.29) is 22.5 Å². The molecule has 2 aliphatic heterocycles. The van der Waals surface area contributed by atoms with Crippen molar-refractivity contribution in [3.63, 3.8) is 0 Å². The van der Waals surface area contributed by atoms with Crippen LogP contribution in [0.1, 0.15) is 40.3 Å². The third kappa shape index (κ3) is 8.53. The highest BCUT2D eigenvalue weighted by molar-refractivity contribution is 7.53. The summed E-state index contributed by atoms with van der Waals surface area (Å²) in [5, 5.41) is 22.0. The van der Waals surface area contributed by atoms with E-state index in [4.69, 9.17) is 44.8 Å². The van der Waals surface area contributed by atoms with E-state index in [1.165, 1.54) is 38.6 Å². The molecule has 0 unspecified atom stereocenters. The summed E-state index contributed by atoms with van der Waals surface area (Å²) in [7, 11) is -5.45. The summed E-state index contributed by atoms with van der Waals surface area (Å²) in [6.07, 6.45) is -7.81. The van der Waals surface area contributed by atoms with Gasteiger partial charge in [-0.1, -0.05) is 0 Å². The minimum absolute atomic E-state index is 0.0438. The van der Waals surface area contributed by atoms with Gasteiger partial charge in [0, 0.05) is 6.61 Å². The number of imidazole rings is 1. The van der Waals surface area contributed by atoms with Crippen molar-refractivity contribution < 1.29 is 67.3 Å². The molecule has 0 aliphatic carbocycles. The van der Waals surface area contributed by atoms with E-state index in [1.807, 2.05) is 0 Å². The zero-order valence-corrected chi connectivity index (χ0v) is 27.0. The van der Waals surface area contributed by atoms with Crippen LogP contribution < -0.4 is 5.32 Å². The lowest BCUT2D eigenvalue weighted by Crippen LogP contribution is -2.47. The summed E-state index contributed by atoms with van der Waals surface area (Å²) < 4.78 is 50.4. The molecule has 2 aromatic heterocycles. The zero-order valence-electron chi connectivity index (χ0n) is 25.3. The monoisotopic (exact) mass is 697 g/mol. The fourth-order valence-electron chi connectivity index (χ4n) is 4.53. The van der Waals surface area contributed by atoms with Gasteiger partial charge in [-0.15, -0.1) is 0 Å². The highest BCUT2D eigenvalue weighted by atomic mass is 35.5. The highest BCUT2D eigenvalue weighted by Gasteiger charge is 2.54. The molecule has 0 spiro atoms. The number of ether oxygens (including phenoxy) is 7. The Morgan fingerprint density at radius 2 is 1.74 bits per heavy atom. The van der Waals surface area contributed by atoms with E-state index in [0.717, 1.165) is 6.42 Å². The Balaban J connectivity index is 1.55. The number of halogens is 1. The van der Waals surface area contributed by atoms with Crippen molar-refractivity contribution in [1.82, 2.24) is 19.5 Å². The van der Waals surface area contributed by atoms with Gasteiger partial charge in [-0.25, -0.2) is 14.6 Å². The molecule has 21 heteroatoms. The molecule has 0 bridgehead atoms. The van der Waals surface area contributed by atoms with Gasteiger partial charge >= 0.3 is 19.9 Å². The second-order valence-electron chi connectivity index (χ2n) is 11.1. The van der Waals surface area contributed by atoms with Gasteiger partial charge in [0.15, 0.2) is 23.2 Å². The smallest absolute Gasteiger partial charge is 0.432 e. The van der Waals surface area contributed by atoms with Crippen LogP contribution in [0.3, 0.4) is 0 Å². The number of aromatic nitrogens is 4. The van der Waals surface area contributed by atoms with Crippen LogP contribution in [0.2, 0.25) is 5.28 Å². The molecule has 46 heavy (non-hydrogen) atoms. The van der Waals surface area contributed by atoms with Crippen molar-refractivity contribution >= 4 is 48.5 Å². The lowest BCUT2D eigenvalue weighted by atomic mass is 10.1. The molecule has 2 aliphatic rings. The highest BCUT2D eigenvalue weighted by Crippen LogP contribution is 2.52. The predicted octanol–water partition coefficient (Wildman–Crippen LogP) is 1.31.